The average molecular weight is 285 g/mol. The third-order valence-electron chi connectivity index (χ3n) is 3.69. The summed E-state index contributed by atoms with van der Waals surface area (Å²) in [4.78, 5) is 16.8. The number of aryl methyl sites for hydroxylation is 1. The van der Waals surface area contributed by atoms with E-state index in [2.05, 4.69) is 29.1 Å². The van der Waals surface area contributed by atoms with Gasteiger partial charge in [0.2, 0.25) is 0 Å². The van der Waals surface area contributed by atoms with Crippen molar-refractivity contribution in [1.29, 1.82) is 0 Å². The van der Waals surface area contributed by atoms with Crippen molar-refractivity contribution < 1.29 is 4.42 Å². The Hall–Kier alpha value is -2.27. The summed E-state index contributed by atoms with van der Waals surface area (Å²) < 4.78 is 5.68. The standard InChI is InChI=1S/C16H19N3O2/c1-3-12-5-6-13(21-12)9-17-10(2)11-4-7-14-15(8-11)19-16(20)18-14/h4-8,10,17H,3,9H2,1-2H3,(H2,18,19,20). The van der Waals surface area contributed by atoms with Crippen molar-refractivity contribution >= 4 is 11.0 Å². The van der Waals surface area contributed by atoms with E-state index in [9.17, 15) is 4.79 Å². The van der Waals surface area contributed by atoms with Crippen LogP contribution < -0.4 is 11.0 Å². The summed E-state index contributed by atoms with van der Waals surface area (Å²) in [5.74, 6) is 1.95. The molecular formula is C16H19N3O2. The second-order valence-corrected chi connectivity index (χ2v) is 5.21. The molecule has 3 rings (SSSR count). The van der Waals surface area contributed by atoms with Crippen LogP contribution in [0.15, 0.2) is 39.5 Å². The van der Waals surface area contributed by atoms with E-state index in [4.69, 9.17) is 4.42 Å². The number of aromatic amines is 2. The summed E-state index contributed by atoms with van der Waals surface area (Å²) in [6.07, 6.45) is 0.910. The molecule has 3 aromatic rings. The highest BCUT2D eigenvalue weighted by Crippen LogP contribution is 2.18. The van der Waals surface area contributed by atoms with Crippen LogP contribution in [-0.4, -0.2) is 9.97 Å². The first-order valence-electron chi connectivity index (χ1n) is 7.18. The first kappa shape index (κ1) is 13.7. The van der Waals surface area contributed by atoms with Gasteiger partial charge < -0.3 is 19.7 Å². The summed E-state index contributed by atoms with van der Waals surface area (Å²) in [7, 11) is 0. The number of aromatic nitrogens is 2. The number of imidazole rings is 1. The maximum atomic E-state index is 11.3. The van der Waals surface area contributed by atoms with Gasteiger partial charge in [-0.3, -0.25) is 0 Å². The molecule has 0 aliphatic carbocycles. The summed E-state index contributed by atoms with van der Waals surface area (Å²) in [5, 5.41) is 3.43. The number of nitrogens with one attached hydrogen (secondary N) is 3. The van der Waals surface area contributed by atoms with Gasteiger partial charge >= 0.3 is 5.69 Å². The Bertz CT molecular complexity index is 797. The van der Waals surface area contributed by atoms with Crippen LogP contribution in [0.5, 0.6) is 0 Å². The Morgan fingerprint density at radius 2 is 1.90 bits per heavy atom. The van der Waals surface area contributed by atoms with Crippen LogP contribution in [0.3, 0.4) is 0 Å². The van der Waals surface area contributed by atoms with Gasteiger partial charge in [-0.25, -0.2) is 4.79 Å². The number of fused-ring (bicyclic) bond motifs is 1. The van der Waals surface area contributed by atoms with E-state index in [1.54, 1.807) is 0 Å². The van der Waals surface area contributed by atoms with Crippen LogP contribution in [-0.2, 0) is 13.0 Å². The van der Waals surface area contributed by atoms with Crippen LogP contribution in [0, 0.1) is 0 Å². The van der Waals surface area contributed by atoms with E-state index < -0.39 is 0 Å². The second-order valence-electron chi connectivity index (χ2n) is 5.21. The molecule has 110 valence electrons. The molecule has 0 fully saturated rings. The van der Waals surface area contributed by atoms with Gasteiger partial charge in [0.15, 0.2) is 0 Å². The number of benzene rings is 1. The quantitative estimate of drug-likeness (QED) is 0.675. The molecule has 21 heavy (non-hydrogen) atoms. The van der Waals surface area contributed by atoms with Crippen LogP contribution in [0.4, 0.5) is 0 Å². The highest BCUT2D eigenvalue weighted by Gasteiger charge is 2.08. The molecule has 5 nitrogen and oxygen atoms in total. The van der Waals surface area contributed by atoms with Crippen molar-refractivity contribution in [2.75, 3.05) is 0 Å². The van der Waals surface area contributed by atoms with Gasteiger partial charge in [-0.2, -0.15) is 0 Å². The van der Waals surface area contributed by atoms with E-state index in [0.29, 0.717) is 6.54 Å². The zero-order valence-corrected chi connectivity index (χ0v) is 12.2. The van der Waals surface area contributed by atoms with Gasteiger partial charge in [-0.15, -0.1) is 0 Å². The van der Waals surface area contributed by atoms with Crippen LogP contribution in [0.1, 0.15) is 37.0 Å². The zero-order chi connectivity index (χ0) is 14.8. The summed E-state index contributed by atoms with van der Waals surface area (Å²) in [5.41, 5.74) is 2.61. The first-order valence-corrected chi connectivity index (χ1v) is 7.18. The molecule has 1 aromatic carbocycles. The minimum absolute atomic E-state index is 0.169. The minimum Gasteiger partial charge on any atom is -0.465 e. The number of hydrogen-bond donors (Lipinski definition) is 3. The fourth-order valence-electron chi connectivity index (χ4n) is 2.40. The van der Waals surface area contributed by atoms with E-state index >= 15 is 0 Å². The number of furan rings is 1. The lowest BCUT2D eigenvalue weighted by atomic mass is 10.1. The van der Waals surface area contributed by atoms with E-state index in [-0.39, 0.29) is 11.7 Å². The Morgan fingerprint density at radius 3 is 2.67 bits per heavy atom. The van der Waals surface area contributed by atoms with Gasteiger partial charge in [-0.1, -0.05) is 13.0 Å². The Kier molecular flexibility index (Phi) is 3.66. The monoisotopic (exact) mass is 285 g/mol. The maximum absolute atomic E-state index is 11.3. The molecule has 0 aliphatic heterocycles. The van der Waals surface area contributed by atoms with Crippen molar-refractivity contribution in [3.63, 3.8) is 0 Å². The Morgan fingerprint density at radius 1 is 1.14 bits per heavy atom. The normalized spacial score (nSPS) is 12.9. The largest absolute Gasteiger partial charge is 0.465 e. The van der Waals surface area contributed by atoms with Gasteiger partial charge in [0.05, 0.1) is 17.6 Å². The highest BCUT2D eigenvalue weighted by molar-refractivity contribution is 5.75. The Balaban J connectivity index is 1.70. The molecule has 3 N–H and O–H groups in total. The molecule has 0 saturated heterocycles. The molecular weight excluding hydrogens is 266 g/mol. The number of rotatable bonds is 5. The van der Waals surface area contributed by atoms with Gasteiger partial charge in [-0.05, 0) is 36.8 Å². The fourth-order valence-corrected chi connectivity index (χ4v) is 2.40. The maximum Gasteiger partial charge on any atom is 0.323 e. The topological polar surface area (TPSA) is 73.8 Å². The summed E-state index contributed by atoms with van der Waals surface area (Å²) >= 11 is 0. The molecule has 0 spiro atoms. The van der Waals surface area contributed by atoms with Crippen LogP contribution in [0.2, 0.25) is 0 Å². The number of hydrogen-bond acceptors (Lipinski definition) is 3. The van der Waals surface area contributed by atoms with Crippen LogP contribution in [0.25, 0.3) is 11.0 Å². The Labute approximate surface area is 122 Å². The molecule has 0 saturated carbocycles. The molecule has 0 aliphatic rings. The molecule has 1 atom stereocenters. The van der Waals surface area contributed by atoms with E-state index in [1.165, 1.54) is 0 Å². The lowest BCUT2D eigenvalue weighted by Gasteiger charge is -2.13. The molecule has 0 radical (unpaired) electrons. The van der Waals surface area contributed by atoms with Crippen molar-refractivity contribution in [3.05, 3.63) is 57.9 Å². The van der Waals surface area contributed by atoms with Crippen molar-refractivity contribution in [2.45, 2.75) is 32.9 Å². The average Bonchev–Trinajstić information content (AvgIpc) is 3.08. The first-order chi connectivity index (χ1) is 10.2. The molecule has 2 heterocycles. The van der Waals surface area contributed by atoms with Gasteiger partial charge in [0, 0.05) is 12.5 Å². The molecule has 1 unspecified atom stereocenters. The smallest absolute Gasteiger partial charge is 0.323 e. The van der Waals surface area contributed by atoms with Crippen molar-refractivity contribution in [1.82, 2.24) is 15.3 Å². The van der Waals surface area contributed by atoms with E-state index in [0.717, 1.165) is 34.5 Å². The summed E-state index contributed by atoms with van der Waals surface area (Å²) in [6, 6.07) is 10.1. The molecule has 2 aromatic heterocycles. The molecule has 0 bridgehead atoms. The minimum atomic E-state index is -0.176. The second kappa shape index (κ2) is 5.61. The van der Waals surface area contributed by atoms with E-state index in [1.807, 2.05) is 30.3 Å². The highest BCUT2D eigenvalue weighted by atomic mass is 16.3. The fraction of sp³-hybridized carbons (Fsp3) is 0.312. The third kappa shape index (κ3) is 2.92. The lowest BCUT2D eigenvalue weighted by molar-refractivity contribution is 0.435. The number of H-pyrrole nitrogens is 2. The third-order valence-corrected chi connectivity index (χ3v) is 3.69. The molecule has 5 heteroatoms. The lowest BCUT2D eigenvalue weighted by Crippen LogP contribution is -2.17. The predicted octanol–water partition coefficient (Wildman–Crippen LogP) is 2.86. The van der Waals surface area contributed by atoms with Gasteiger partial charge in [0.1, 0.15) is 11.5 Å². The van der Waals surface area contributed by atoms with Crippen LogP contribution >= 0.6 is 0 Å². The van der Waals surface area contributed by atoms with Gasteiger partial charge in [0.25, 0.3) is 0 Å². The molecule has 0 amide bonds. The van der Waals surface area contributed by atoms with Crippen molar-refractivity contribution in [2.24, 2.45) is 0 Å². The SMILES string of the molecule is CCc1ccc(CNC(C)c2ccc3[nH]c(=O)[nH]c3c2)o1. The van der Waals surface area contributed by atoms with Crippen molar-refractivity contribution in [3.8, 4) is 0 Å². The predicted molar refractivity (Wildman–Crippen MR) is 82.3 cm³/mol. The summed E-state index contributed by atoms with van der Waals surface area (Å²) in [6.45, 7) is 4.85. The zero-order valence-electron chi connectivity index (χ0n) is 12.2.